The Hall–Kier alpha value is -2.13. The Morgan fingerprint density at radius 1 is 1.04 bits per heavy atom. The van der Waals surface area contributed by atoms with Crippen LogP contribution in [0.2, 0.25) is 0 Å². The summed E-state index contributed by atoms with van der Waals surface area (Å²) < 4.78 is 5.12. The van der Waals surface area contributed by atoms with Crippen LogP contribution in [0.25, 0.3) is 0 Å². The maximum atomic E-state index is 12.2. The van der Waals surface area contributed by atoms with Crippen LogP contribution in [0, 0.1) is 0 Å². The van der Waals surface area contributed by atoms with Crippen molar-refractivity contribution in [3.05, 3.63) is 65.2 Å². The zero-order valence-electron chi connectivity index (χ0n) is 14.8. The lowest BCUT2D eigenvalue weighted by atomic mass is 10.0. The van der Waals surface area contributed by atoms with Crippen molar-refractivity contribution >= 4 is 11.6 Å². The van der Waals surface area contributed by atoms with Crippen molar-refractivity contribution in [2.24, 2.45) is 0 Å². The Labute approximate surface area is 145 Å². The minimum atomic E-state index is 0.0489. The highest BCUT2D eigenvalue weighted by Crippen LogP contribution is 2.18. The molecule has 0 aromatic heterocycles. The molecular formula is C21H27NO2. The lowest BCUT2D eigenvalue weighted by Crippen LogP contribution is -2.14. The van der Waals surface area contributed by atoms with E-state index in [9.17, 15) is 4.79 Å². The molecule has 128 valence electrons. The topological polar surface area (TPSA) is 38.3 Å². The third kappa shape index (κ3) is 5.50. The van der Waals surface area contributed by atoms with Gasteiger partial charge in [0.15, 0.2) is 0 Å². The van der Waals surface area contributed by atoms with E-state index in [1.54, 1.807) is 7.11 Å². The zero-order chi connectivity index (χ0) is 17.4. The van der Waals surface area contributed by atoms with Gasteiger partial charge in [-0.15, -0.1) is 0 Å². The minimum absolute atomic E-state index is 0.0489. The fourth-order valence-electron chi connectivity index (χ4n) is 2.61. The minimum Gasteiger partial charge on any atom is -0.384 e. The normalized spacial score (nSPS) is 10.8. The van der Waals surface area contributed by atoms with Crippen molar-refractivity contribution in [3.63, 3.8) is 0 Å². The molecule has 0 saturated heterocycles. The van der Waals surface area contributed by atoms with Crippen molar-refractivity contribution in [1.29, 1.82) is 0 Å². The first kappa shape index (κ1) is 18.2. The van der Waals surface area contributed by atoms with E-state index in [2.05, 4.69) is 43.4 Å². The van der Waals surface area contributed by atoms with Crippen LogP contribution >= 0.6 is 0 Å². The highest BCUT2D eigenvalue weighted by molar-refractivity contribution is 5.91. The van der Waals surface area contributed by atoms with Crippen molar-refractivity contribution in [2.45, 2.75) is 39.0 Å². The maximum absolute atomic E-state index is 12.2. The number of para-hydroxylation sites is 1. The lowest BCUT2D eigenvalue weighted by molar-refractivity contribution is -0.116. The summed E-state index contributed by atoms with van der Waals surface area (Å²) >= 11 is 0. The molecule has 0 heterocycles. The van der Waals surface area contributed by atoms with Gasteiger partial charge in [0.25, 0.3) is 0 Å². The summed E-state index contributed by atoms with van der Waals surface area (Å²) in [6, 6.07) is 16.4. The van der Waals surface area contributed by atoms with Gasteiger partial charge in [0.1, 0.15) is 0 Å². The molecule has 0 aliphatic rings. The molecule has 2 aromatic carbocycles. The van der Waals surface area contributed by atoms with Gasteiger partial charge < -0.3 is 10.1 Å². The van der Waals surface area contributed by atoms with E-state index >= 15 is 0 Å². The second kappa shape index (κ2) is 9.24. The number of hydrogen-bond donors (Lipinski definition) is 1. The average Bonchev–Trinajstić information content (AvgIpc) is 2.59. The van der Waals surface area contributed by atoms with Gasteiger partial charge in [0.05, 0.1) is 6.61 Å². The Kier molecular flexibility index (Phi) is 7.01. The van der Waals surface area contributed by atoms with Crippen molar-refractivity contribution < 1.29 is 9.53 Å². The largest absolute Gasteiger partial charge is 0.384 e. The molecule has 0 aliphatic heterocycles. The van der Waals surface area contributed by atoms with E-state index in [0.717, 1.165) is 24.1 Å². The van der Waals surface area contributed by atoms with E-state index in [1.807, 2.05) is 24.3 Å². The molecule has 0 fully saturated rings. The number of nitrogens with one attached hydrogen (secondary N) is 1. The number of hydrogen-bond acceptors (Lipinski definition) is 2. The summed E-state index contributed by atoms with van der Waals surface area (Å²) in [5.74, 6) is 0.582. The molecular weight excluding hydrogens is 298 g/mol. The first-order valence-corrected chi connectivity index (χ1v) is 8.55. The molecule has 2 aromatic rings. The van der Waals surface area contributed by atoms with Gasteiger partial charge in [-0.25, -0.2) is 0 Å². The molecule has 0 radical (unpaired) electrons. The number of carbonyl (C=O) groups excluding carboxylic acids is 1. The van der Waals surface area contributed by atoms with E-state index in [0.29, 0.717) is 18.9 Å². The summed E-state index contributed by atoms with van der Waals surface area (Å²) in [6.45, 7) is 5.02. The van der Waals surface area contributed by atoms with E-state index < -0.39 is 0 Å². The molecule has 0 unspecified atom stereocenters. The van der Waals surface area contributed by atoms with Gasteiger partial charge in [-0.1, -0.05) is 56.3 Å². The predicted molar refractivity (Wildman–Crippen MR) is 99.5 cm³/mol. The van der Waals surface area contributed by atoms with Crippen molar-refractivity contribution in [3.8, 4) is 0 Å². The zero-order valence-corrected chi connectivity index (χ0v) is 14.8. The van der Waals surface area contributed by atoms with Gasteiger partial charge in [-0.2, -0.15) is 0 Å². The van der Waals surface area contributed by atoms with Crippen LogP contribution in [0.15, 0.2) is 48.5 Å². The summed E-state index contributed by atoms with van der Waals surface area (Å²) in [7, 11) is 1.69. The first-order chi connectivity index (χ1) is 11.6. The summed E-state index contributed by atoms with van der Waals surface area (Å²) in [4.78, 5) is 12.2. The van der Waals surface area contributed by atoms with Crippen LogP contribution in [0.1, 0.15) is 42.9 Å². The second-order valence-electron chi connectivity index (χ2n) is 6.34. The Bertz CT molecular complexity index is 647. The molecule has 0 atom stereocenters. The van der Waals surface area contributed by atoms with Crippen molar-refractivity contribution in [2.75, 3.05) is 19.0 Å². The van der Waals surface area contributed by atoms with Gasteiger partial charge >= 0.3 is 0 Å². The summed E-state index contributed by atoms with van der Waals surface area (Å²) in [5, 5.41) is 3.02. The number of ether oxygens (including phenoxy) is 1. The fraction of sp³-hybridized carbons (Fsp3) is 0.381. The van der Waals surface area contributed by atoms with E-state index in [4.69, 9.17) is 4.74 Å². The molecule has 3 heteroatoms. The maximum Gasteiger partial charge on any atom is 0.224 e. The van der Waals surface area contributed by atoms with Crippen LogP contribution in [0.5, 0.6) is 0 Å². The van der Waals surface area contributed by atoms with Crippen LogP contribution in [0.4, 0.5) is 5.69 Å². The highest BCUT2D eigenvalue weighted by atomic mass is 16.5. The Morgan fingerprint density at radius 3 is 2.42 bits per heavy atom. The number of carbonyl (C=O) groups is 1. The molecule has 2 rings (SSSR count). The number of aryl methyl sites for hydroxylation is 1. The summed E-state index contributed by atoms with van der Waals surface area (Å²) in [6.07, 6.45) is 2.04. The van der Waals surface area contributed by atoms with Crippen LogP contribution in [-0.4, -0.2) is 19.6 Å². The molecule has 0 spiro atoms. The number of rotatable bonds is 8. The molecule has 0 aliphatic carbocycles. The Balaban J connectivity index is 1.89. The van der Waals surface area contributed by atoms with Gasteiger partial charge in [-0.05, 0) is 41.5 Å². The number of amides is 1. The van der Waals surface area contributed by atoms with Crippen LogP contribution in [-0.2, 0) is 22.4 Å². The standard InChI is InChI=1S/C21H27NO2/c1-16(2)18-11-8-17(9-12-18)10-13-21(23)22-20-7-5-4-6-19(20)14-15-24-3/h4-9,11-12,16H,10,13-15H2,1-3H3,(H,22,23). The quantitative estimate of drug-likeness (QED) is 0.772. The summed E-state index contributed by atoms with van der Waals surface area (Å²) in [5.41, 5.74) is 4.51. The molecule has 3 nitrogen and oxygen atoms in total. The highest BCUT2D eigenvalue weighted by Gasteiger charge is 2.07. The third-order valence-corrected chi connectivity index (χ3v) is 4.15. The number of benzene rings is 2. The predicted octanol–water partition coefficient (Wildman–Crippen LogP) is 4.57. The van der Waals surface area contributed by atoms with Crippen molar-refractivity contribution in [1.82, 2.24) is 0 Å². The van der Waals surface area contributed by atoms with Crippen LogP contribution < -0.4 is 5.32 Å². The molecule has 24 heavy (non-hydrogen) atoms. The van der Waals surface area contributed by atoms with E-state index in [-0.39, 0.29) is 5.91 Å². The van der Waals surface area contributed by atoms with Gasteiger partial charge in [-0.3, -0.25) is 4.79 Å². The fourth-order valence-corrected chi connectivity index (χ4v) is 2.61. The molecule has 0 saturated carbocycles. The monoisotopic (exact) mass is 325 g/mol. The van der Waals surface area contributed by atoms with Gasteiger partial charge in [0, 0.05) is 19.2 Å². The lowest BCUT2D eigenvalue weighted by Gasteiger charge is -2.11. The van der Waals surface area contributed by atoms with E-state index in [1.165, 1.54) is 11.1 Å². The third-order valence-electron chi connectivity index (χ3n) is 4.15. The number of anilines is 1. The van der Waals surface area contributed by atoms with Gasteiger partial charge in [0.2, 0.25) is 5.91 Å². The molecule has 0 bridgehead atoms. The second-order valence-corrected chi connectivity index (χ2v) is 6.34. The number of methoxy groups -OCH3 is 1. The van der Waals surface area contributed by atoms with Crippen LogP contribution in [0.3, 0.4) is 0 Å². The smallest absolute Gasteiger partial charge is 0.224 e. The SMILES string of the molecule is COCCc1ccccc1NC(=O)CCc1ccc(C(C)C)cc1. The Morgan fingerprint density at radius 2 is 1.75 bits per heavy atom. The first-order valence-electron chi connectivity index (χ1n) is 8.55. The molecule has 1 amide bonds. The molecule has 1 N–H and O–H groups in total. The average molecular weight is 325 g/mol.